The molecular formula is C11H14IN3O. The van der Waals surface area contributed by atoms with Gasteiger partial charge in [-0.1, -0.05) is 0 Å². The molecule has 0 fully saturated rings. The number of hydrogen-bond donors (Lipinski definition) is 1. The number of nitrogens with two attached hydrogens (primary N) is 1. The van der Waals surface area contributed by atoms with Gasteiger partial charge in [0.2, 0.25) is 5.95 Å². The largest absolute Gasteiger partial charge is 0.380 e. The smallest absolute Gasteiger partial charge is 0.201 e. The van der Waals surface area contributed by atoms with Crippen molar-refractivity contribution in [3.63, 3.8) is 0 Å². The number of halogens is 1. The molecule has 5 heteroatoms. The zero-order chi connectivity index (χ0) is 11.5. The molecule has 0 amide bonds. The summed E-state index contributed by atoms with van der Waals surface area (Å²) in [4.78, 5) is 4.33. The van der Waals surface area contributed by atoms with Gasteiger partial charge in [-0.25, -0.2) is 4.98 Å². The Bertz CT molecular complexity index is 495. The van der Waals surface area contributed by atoms with Crippen molar-refractivity contribution in [3.05, 3.63) is 21.8 Å². The second-order valence-corrected chi connectivity index (χ2v) is 4.70. The van der Waals surface area contributed by atoms with Crippen LogP contribution >= 0.6 is 22.6 Å². The van der Waals surface area contributed by atoms with Crippen LogP contribution in [0.15, 0.2) is 18.2 Å². The Morgan fingerprint density at radius 3 is 3.06 bits per heavy atom. The molecule has 0 spiro atoms. The molecule has 2 N–H and O–H groups in total. The molecule has 86 valence electrons. The summed E-state index contributed by atoms with van der Waals surface area (Å²) in [6.07, 6.45) is 0. The predicted octanol–water partition coefficient (Wildman–Crippen LogP) is 2.26. The maximum absolute atomic E-state index is 5.88. The van der Waals surface area contributed by atoms with Crippen molar-refractivity contribution in [2.75, 3.05) is 18.9 Å². The Kier molecular flexibility index (Phi) is 3.65. The molecule has 1 aromatic heterocycles. The first-order valence-electron chi connectivity index (χ1n) is 5.21. The number of rotatable bonds is 4. The van der Waals surface area contributed by atoms with Crippen LogP contribution in [0.4, 0.5) is 5.95 Å². The van der Waals surface area contributed by atoms with E-state index in [1.54, 1.807) is 0 Å². The van der Waals surface area contributed by atoms with Gasteiger partial charge in [0.1, 0.15) is 0 Å². The van der Waals surface area contributed by atoms with Crippen molar-refractivity contribution in [1.82, 2.24) is 9.55 Å². The normalized spacial score (nSPS) is 11.1. The lowest BCUT2D eigenvalue weighted by molar-refractivity contribution is 0.140. The summed E-state index contributed by atoms with van der Waals surface area (Å²) in [6, 6.07) is 6.14. The minimum Gasteiger partial charge on any atom is -0.380 e. The first-order valence-corrected chi connectivity index (χ1v) is 6.29. The average molecular weight is 331 g/mol. The highest BCUT2D eigenvalue weighted by atomic mass is 127. The van der Waals surface area contributed by atoms with Gasteiger partial charge in [-0.3, -0.25) is 0 Å². The molecule has 0 atom stereocenters. The molecule has 0 radical (unpaired) electrons. The number of aromatic nitrogens is 2. The minimum atomic E-state index is 0.553. The van der Waals surface area contributed by atoms with Crippen molar-refractivity contribution in [2.45, 2.75) is 13.5 Å². The van der Waals surface area contributed by atoms with Crippen LogP contribution in [0.3, 0.4) is 0 Å². The number of imidazole rings is 1. The minimum absolute atomic E-state index is 0.553. The van der Waals surface area contributed by atoms with Crippen LogP contribution < -0.4 is 5.73 Å². The number of hydrogen-bond acceptors (Lipinski definition) is 3. The van der Waals surface area contributed by atoms with Crippen molar-refractivity contribution in [1.29, 1.82) is 0 Å². The molecule has 16 heavy (non-hydrogen) atoms. The lowest BCUT2D eigenvalue weighted by atomic mass is 10.3. The predicted molar refractivity (Wildman–Crippen MR) is 73.4 cm³/mol. The summed E-state index contributed by atoms with van der Waals surface area (Å²) in [5, 5.41) is 0. The first kappa shape index (κ1) is 11.7. The molecule has 2 rings (SSSR count). The van der Waals surface area contributed by atoms with Crippen LogP contribution in [-0.2, 0) is 11.3 Å². The zero-order valence-corrected chi connectivity index (χ0v) is 11.3. The van der Waals surface area contributed by atoms with E-state index in [-0.39, 0.29) is 0 Å². The number of anilines is 1. The third kappa shape index (κ3) is 2.30. The molecule has 0 bridgehead atoms. The number of nitrogen functional groups attached to an aromatic ring is 1. The molecule has 1 aromatic carbocycles. The Labute approximate surface area is 108 Å². The van der Waals surface area contributed by atoms with E-state index in [1.165, 1.54) is 3.57 Å². The highest BCUT2D eigenvalue weighted by Crippen LogP contribution is 2.19. The van der Waals surface area contributed by atoms with E-state index in [1.807, 2.05) is 23.6 Å². The summed E-state index contributed by atoms with van der Waals surface area (Å²) < 4.78 is 8.48. The van der Waals surface area contributed by atoms with Crippen LogP contribution in [-0.4, -0.2) is 22.8 Å². The molecule has 0 unspecified atom stereocenters. The van der Waals surface area contributed by atoms with Crippen molar-refractivity contribution in [2.24, 2.45) is 0 Å². The molecule has 0 aliphatic heterocycles. The van der Waals surface area contributed by atoms with Crippen LogP contribution in [0.5, 0.6) is 0 Å². The molecule has 1 heterocycles. The van der Waals surface area contributed by atoms with Crippen LogP contribution in [0.25, 0.3) is 11.0 Å². The van der Waals surface area contributed by atoms with Gasteiger partial charge < -0.3 is 15.0 Å². The average Bonchev–Trinajstić information content (AvgIpc) is 2.55. The summed E-state index contributed by atoms with van der Waals surface area (Å²) in [5.74, 6) is 0.553. The van der Waals surface area contributed by atoms with E-state index >= 15 is 0 Å². The summed E-state index contributed by atoms with van der Waals surface area (Å²) in [6.45, 7) is 4.12. The number of benzene rings is 1. The molecule has 2 aromatic rings. The van der Waals surface area contributed by atoms with Gasteiger partial charge in [0.25, 0.3) is 0 Å². The van der Waals surface area contributed by atoms with E-state index < -0.39 is 0 Å². The highest BCUT2D eigenvalue weighted by Gasteiger charge is 2.07. The van der Waals surface area contributed by atoms with E-state index in [0.29, 0.717) is 12.6 Å². The van der Waals surface area contributed by atoms with Crippen LogP contribution in [0, 0.1) is 3.57 Å². The Morgan fingerprint density at radius 2 is 2.31 bits per heavy atom. The van der Waals surface area contributed by atoms with E-state index in [2.05, 4.69) is 33.6 Å². The van der Waals surface area contributed by atoms with Crippen LogP contribution in [0.2, 0.25) is 0 Å². The lowest BCUT2D eigenvalue weighted by Gasteiger charge is -2.06. The summed E-state index contributed by atoms with van der Waals surface area (Å²) >= 11 is 2.27. The highest BCUT2D eigenvalue weighted by molar-refractivity contribution is 14.1. The topological polar surface area (TPSA) is 53.1 Å². The molecule has 0 aliphatic carbocycles. The number of nitrogens with zero attached hydrogens (tertiary/aromatic N) is 2. The monoisotopic (exact) mass is 331 g/mol. The second-order valence-electron chi connectivity index (χ2n) is 3.45. The van der Waals surface area contributed by atoms with Gasteiger partial charge >= 0.3 is 0 Å². The molecule has 0 saturated heterocycles. The second kappa shape index (κ2) is 5.01. The summed E-state index contributed by atoms with van der Waals surface area (Å²) in [5.41, 5.74) is 7.89. The SMILES string of the molecule is CCOCCn1c(N)nc2cc(I)ccc21. The standard InChI is InChI=1S/C11H14IN3O/c1-2-16-6-5-15-10-4-3-8(12)7-9(10)14-11(15)13/h3-4,7H,2,5-6H2,1H3,(H2,13,14). The molecule has 0 aliphatic rings. The third-order valence-electron chi connectivity index (χ3n) is 2.40. The van der Waals surface area contributed by atoms with Crippen LogP contribution in [0.1, 0.15) is 6.92 Å². The lowest BCUT2D eigenvalue weighted by Crippen LogP contribution is -2.08. The maximum atomic E-state index is 5.88. The van der Waals surface area contributed by atoms with Gasteiger partial charge in [-0.15, -0.1) is 0 Å². The first-order chi connectivity index (χ1) is 7.72. The fourth-order valence-corrected chi connectivity index (χ4v) is 2.13. The zero-order valence-electron chi connectivity index (χ0n) is 9.11. The fraction of sp³-hybridized carbons (Fsp3) is 0.364. The molecule has 4 nitrogen and oxygen atoms in total. The van der Waals surface area contributed by atoms with Gasteiger partial charge in [0.15, 0.2) is 0 Å². The quantitative estimate of drug-likeness (QED) is 0.691. The summed E-state index contributed by atoms with van der Waals surface area (Å²) in [7, 11) is 0. The van der Waals surface area contributed by atoms with Gasteiger partial charge in [0, 0.05) is 16.7 Å². The molecule has 0 saturated carbocycles. The Morgan fingerprint density at radius 1 is 1.50 bits per heavy atom. The van der Waals surface area contributed by atoms with E-state index in [9.17, 15) is 0 Å². The van der Waals surface area contributed by atoms with E-state index in [4.69, 9.17) is 10.5 Å². The fourth-order valence-electron chi connectivity index (χ4n) is 1.66. The van der Waals surface area contributed by atoms with Gasteiger partial charge in [-0.05, 0) is 47.7 Å². The Balaban J connectivity index is 2.32. The van der Waals surface area contributed by atoms with E-state index in [0.717, 1.165) is 24.2 Å². The van der Waals surface area contributed by atoms with Crippen molar-refractivity contribution >= 4 is 39.6 Å². The van der Waals surface area contributed by atoms with Crippen molar-refractivity contribution < 1.29 is 4.74 Å². The third-order valence-corrected chi connectivity index (χ3v) is 3.07. The number of fused-ring (bicyclic) bond motifs is 1. The maximum Gasteiger partial charge on any atom is 0.201 e. The number of ether oxygens (including phenoxy) is 1. The molecular weight excluding hydrogens is 317 g/mol. The van der Waals surface area contributed by atoms with Crippen molar-refractivity contribution in [3.8, 4) is 0 Å². The Hall–Kier alpha value is -0.820. The van der Waals surface area contributed by atoms with Gasteiger partial charge in [-0.2, -0.15) is 0 Å². The van der Waals surface area contributed by atoms with Gasteiger partial charge in [0.05, 0.1) is 17.6 Å².